The number of hydrogen-bond donors (Lipinski definition) is 0. The maximum Gasteiger partial charge on any atom is 0.414 e. The van der Waals surface area contributed by atoms with Gasteiger partial charge in [0.1, 0.15) is 5.60 Å². The third kappa shape index (κ3) is 4.02. The summed E-state index contributed by atoms with van der Waals surface area (Å²) in [5, 5.41) is 0. The van der Waals surface area contributed by atoms with Crippen molar-refractivity contribution in [2.24, 2.45) is 5.41 Å². The van der Waals surface area contributed by atoms with Crippen LogP contribution in [0.1, 0.15) is 59.3 Å². The lowest BCUT2D eigenvalue weighted by Crippen LogP contribution is -2.43. The zero-order valence-electron chi connectivity index (χ0n) is 14.1. The van der Waals surface area contributed by atoms with Crippen molar-refractivity contribution in [1.29, 1.82) is 0 Å². The van der Waals surface area contributed by atoms with Gasteiger partial charge in [0.25, 0.3) is 0 Å². The van der Waals surface area contributed by atoms with E-state index in [1.54, 1.807) is 4.90 Å². The molecule has 1 aliphatic carbocycles. The number of piperidine rings is 1. The number of methoxy groups -OCH3 is 1. The van der Waals surface area contributed by atoms with E-state index in [4.69, 9.17) is 9.47 Å². The first-order valence-electron chi connectivity index (χ1n) is 8.04. The van der Waals surface area contributed by atoms with E-state index in [2.05, 4.69) is 0 Å². The van der Waals surface area contributed by atoms with E-state index >= 15 is 0 Å². The summed E-state index contributed by atoms with van der Waals surface area (Å²) >= 11 is 0. The van der Waals surface area contributed by atoms with Gasteiger partial charge in [0.2, 0.25) is 0 Å². The van der Waals surface area contributed by atoms with E-state index in [1.165, 1.54) is 38.9 Å². The standard InChI is InChI=1S/C17H27NO4/c1-16(2,3)22-15(20)18-10-9-17(7-5-6-8-17)12-13(18)11-14(19)21-4/h11H,5-10,12H2,1-4H3/b13-11+. The lowest BCUT2D eigenvalue weighted by atomic mass is 9.75. The predicted octanol–water partition coefficient (Wildman–Crippen LogP) is 3.63. The molecule has 0 aromatic carbocycles. The molecule has 0 aromatic heterocycles. The number of ether oxygens (including phenoxy) is 2. The molecule has 1 aliphatic heterocycles. The molecule has 5 heteroatoms. The van der Waals surface area contributed by atoms with Crippen LogP contribution in [-0.2, 0) is 14.3 Å². The van der Waals surface area contributed by atoms with Gasteiger partial charge in [-0.05, 0) is 51.9 Å². The maximum atomic E-state index is 12.4. The fourth-order valence-corrected chi connectivity index (χ4v) is 3.46. The molecule has 0 radical (unpaired) electrons. The minimum absolute atomic E-state index is 0.248. The van der Waals surface area contributed by atoms with Crippen LogP contribution in [0.3, 0.4) is 0 Å². The molecule has 0 aromatic rings. The lowest BCUT2D eigenvalue weighted by molar-refractivity contribution is -0.135. The molecule has 22 heavy (non-hydrogen) atoms. The van der Waals surface area contributed by atoms with Crippen molar-refractivity contribution < 1.29 is 19.1 Å². The SMILES string of the molecule is COC(=O)/C=C1\CC2(CCCC2)CCN1C(=O)OC(C)(C)C. The van der Waals surface area contributed by atoms with Crippen LogP contribution in [0.25, 0.3) is 0 Å². The molecule has 0 unspecified atom stereocenters. The second-order valence-electron chi connectivity index (χ2n) is 7.42. The highest BCUT2D eigenvalue weighted by molar-refractivity contribution is 5.84. The quantitative estimate of drug-likeness (QED) is 0.548. The molecule has 1 heterocycles. The van der Waals surface area contributed by atoms with Crippen LogP contribution in [0.4, 0.5) is 4.79 Å². The van der Waals surface area contributed by atoms with Gasteiger partial charge in [-0.1, -0.05) is 12.8 Å². The van der Waals surface area contributed by atoms with Crippen molar-refractivity contribution in [3.05, 3.63) is 11.8 Å². The summed E-state index contributed by atoms with van der Waals surface area (Å²) in [6.45, 7) is 6.14. The van der Waals surface area contributed by atoms with Gasteiger partial charge >= 0.3 is 12.1 Å². The molecule has 1 saturated heterocycles. The van der Waals surface area contributed by atoms with Crippen LogP contribution < -0.4 is 0 Å². The number of rotatable bonds is 1. The van der Waals surface area contributed by atoms with Crippen molar-refractivity contribution in [3.8, 4) is 0 Å². The maximum absolute atomic E-state index is 12.4. The van der Waals surface area contributed by atoms with Gasteiger partial charge in [0.05, 0.1) is 7.11 Å². The van der Waals surface area contributed by atoms with Crippen molar-refractivity contribution in [1.82, 2.24) is 4.90 Å². The number of likely N-dealkylation sites (tertiary alicyclic amines) is 1. The molecular formula is C17H27NO4. The minimum Gasteiger partial charge on any atom is -0.466 e. The molecule has 124 valence electrons. The zero-order chi connectivity index (χ0) is 16.4. The first-order valence-corrected chi connectivity index (χ1v) is 8.04. The Morgan fingerprint density at radius 3 is 2.36 bits per heavy atom. The molecule has 1 saturated carbocycles. The van der Waals surface area contributed by atoms with Gasteiger partial charge in [0, 0.05) is 18.3 Å². The van der Waals surface area contributed by atoms with Gasteiger partial charge < -0.3 is 9.47 Å². The van der Waals surface area contributed by atoms with Crippen LogP contribution in [0.15, 0.2) is 11.8 Å². The first-order chi connectivity index (χ1) is 10.2. The molecule has 0 atom stereocenters. The van der Waals surface area contributed by atoms with E-state index in [0.29, 0.717) is 6.54 Å². The van der Waals surface area contributed by atoms with Crippen LogP contribution >= 0.6 is 0 Å². The Labute approximate surface area is 132 Å². The van der Waals surface area contributed by atoms with Crippen molar-refractivity contribution in [3.63, 3.8) is 0 Å². The van der Waals surface area contributed by atoms with Crippen molar-refractivity contribution in [2.75, 3.05) is 13.7 Å². The highest BCUT2D eigenvalue weighted by Crippen LogP contribution is 2.49. The molecule has 2 rings (SSSR count). The summed E-state index contributed by atoms with van der Waals surface area (Å²) in [6, 6.07) is 0. The Kier molecular flexibility index (Phi) is 4.83. The highest BCUT2D eigenvalue weighted by atomic mass is 16.6. The summed E-state index contributed by atoms with van der Waals surface area (Å²) in [5.41, 5.74) is 0.433. The smallest absolute Gasteiger partial charge is 0.414 e. The minimum atomic E-state index is -0.546. The molecule has 2 fully saturated rings. The second kappa shape index (κ2) is 6.31. The number of nitrogens with zero attached hydrogens (tertiary/aromatic N) is 1. The highest BCUT2D eigenvalue weighted by Gasteiger charge is 2.41. The fourth-order valence-electron chi connectivity index (χ4n) is 3.46. The van der Waals surface area contributed by atoms with Gasteiger partial charge in [0.15, 0.2) is 0 Å². The molecule has 1 amide bonds. The van der Waals surface area contributed by atoms with Crippen LogP contribution in [0.5, 0.6) is 0 Å². The Bertz CT molecular complexity index is 470. The van der Waals surface area contributed by atoms with Crippen LogP contribution in [-0.4, -0.2) is 36.2 Å². The van der Waals surface area contributed by atoms with E-state index in [-0.39, 0.29) is 11.5 Å². The van der Waals surface area contributed by atoms with Crippen LogP contribution in [0.2, 0.25) is 0 Å². The summed E-state index contributed by atoms with van der Waals surface area (Å²) in [7, 11) is 1.35. The van der Waals surface area contributed by atoms with E-state index in [1.807, 2.05) is 20.8 Å². The second-order valence-corrected chi connectivity index (χ2v) is 7.42. The van der Waals surface area contributed by atoms with Gasteiger partial charge in [-0.2, -0.15) is 0 Å². The van der Waals surface area contributed by atoms with E-state index in [9.17, 15) is 9.59 Å². The van der Waals surface area contributed by atoms with Crippen molar-refractivity contribution >= 4 is 12.1 Å². The number of carbonyl (C=O) groups excluding carboxylic acids is 2. The molecule has 0 N–H and O–H groups in total. The lowest BCUT2D eigenvalue weighted by Gasteiger charge is -2.41. The summed E-state index contributed by atoms with van der Waals surface area (Å²) in [6.07, 6.45) is 7.61. The predicted molar refractivity (Wildman–Crippen MR) is 83.2 cm³/mol. The molecule has 1 spiro atoms. The third-order valence-corrected chi connectivity index (χ3v) is 4.53. The monoisotopic (exact) mass is 309 g/mol. The fraction of sp³-hybridized carbons (Fsp3) is 0.765. The van der Waals surface area contributed by atoms with E-state index < -0.39 is 11.6 Å². The normalized spacial score (nSPS) is 22.9. The van der Waals surface area contributed by atoms with Crippen LogP contribution in [0, 0.1) is 5.41 Å². The number of hydrogen-bond acceptors (Lipinski definition) is 4. The summed E-state index contributed by atoms with van der Waals surface area (Å²) in [5.74, 6) is -0.418. The largest absolute Gasteiger partial charge is 0.466 e. The Morgan fingerprint density at radius 2 is 1.82 bits per heavy atom. The number of amides is 1. The van der Waals surface area contributed by atoms with Gasteiger partial charge in [-0.15, -0.1) is 0 Å². The zero-order valence-corrected chi connectivity index (χ0v) is 14.1. The first kappa shape index (κ1) is 16.8. The molecule has 5 nitrogen and oxygen atoms in total. The van der Waals surface area contributed by atoms with Gasteiger partial charge in [-0.3, -0.25) is 4.90 Å². The average molecular weight is 309 g/mol. The molecule has 0 bridgehead atoms. The number of esters is 1. The number of carbonyl (C=O) groups is 2. The molecular weight excluding hydrogens is 282 g/mol. The average Bonchev–Trinajstić information content (AvgIpc) is 2.84. The van der Waals surface area contributed by atoms with Gasteiger partial charge in [-0.25, -0.2) is 9.59 Å². The Balaban J connectivity index is 2.19. The van der Waals surface area contributed by atoms with Crippen molar-refractivity contribution in [2.45, 2.75) is 64.9 Å². The Hall–Kier alpha value is -1.52. The van der Waals surface area contributed by atoms with E-state index in [0.717, 1.165) is 18.5 Å². The molecule has 2 aliphatic rings. The summed E-state index contributed by atoms with van der Waals surface area (Å²) < 4.78 is 10.2. The Morgan fingerprint density at radius 1 is 1.18 bits per heavy atom. The summed E-state index contributed by atoms with van der Waals surface area (Å²) in [4.78, 5) is 25.7. The third-order valence-electron chi connectivity index (χ3n) is 4.53. The number of allylic oxidation sites excluding steroid dienone is 1. The topological polar surface area (TPSA) is 55.8 Å².